The highest BCUT2D eigenvalue weighted by atomic mass is 16.3. The Labute approximate surface area is 140 Å². The summed E-state index contributed by atoms with van der Waals surface area (Å²) >= 11 is 0. The van der Waals surface area contributed by atoms with E-state index >= 15 is 0 Å². The average molecular weight is 327 g/mol. The van der Waals surface area contributed by atoms with Crippen molar-refractivity contribution < 1.29 is 9.90 Å². The molecule has 7 heteroatoms. The van der Waals surface area contributed by atoms with Gasteiger partial charge in [-0.25, -0.2) is 4.98 Å². The third-order valence-corrected chi connectivity index (χ3v) is 3.61. The van der Waals surface area contributed by atoms with Crippen LogP contribution in [0.5, 0.6) is 0 Å². The fraction of sp³-hybridized carbons (Fsp3) is 0.353. The number of hydrogen-bond acceptors (Lipinski definition) is 6. The van der Waals surface area contributed by atoms with Gasteiger partial charge in [-0.05, 0) is 37.1 Å². The second-order valence-electron chi connectivity index (χ2n) is 5.81. The topological polar surface area (TPSA) is 99.2 Å². The summed E-state index contributed by atoms with van der Waals surface area (Å²) in [4.78, 5) is 20.0. The lowest BCUT2D eigenvalue weighted by molar-refractivity contribution is -0.114. The Hall–Kier alpha value is -2.67. The number of carbonyl (C=O) groups excluding carboxylic acids is 1. The molecular weight excluding hydrogens is 306 g/mol. The van der Waals surface area contributed by atoms with Crippen LogP contribution in [0.15, 0.2) is 30.3 Å². The predicted octanol–water partition coefficient (Wildman–Crippen LogP) is 2.46. The maximum Gasteiger partial charge on any atom is 0.224 e. The fourth-order valence-corrected chi connectivity index (χ4v) is 2.35. The minimum absolute atomic E-state index is 0.0321. The van der Waals surface area contributed by atoms with Crippen molar-refractivity contribution in [1.82, 2.24) is 9.97 Å². The summed E-state index contributed by atoms with van der Waals surface area (Å²) in [6, 6.07) is 9.38. The lowest BCUT2D eigenvalue weighted by atomic mass is 10.2. The molecule has 1 aromatic carbocycles. The van der Waals surface area contributed by atoms with Crippen molar-refractivity contribution in [1.29, 1.82) is 0 Å². The standard InChI is InChI=1S/C17H21N5O2/c1-11(24)19-13-4-6-14(7-5-13)20-16-10-15(12-2-3-12)21-17(22-16)18-8-9-23/h4-7,10,12,23H,2-3,8-9H2,1H3,(H,19,24)(H2,18,20,21,22). The Bertz CT molecular complexity index is 713. The van der Waals surface area contributed by atoms with Crippen LogP contribution in [-0.4, -0.2) is 34.1 Å². The highest BCUT2D eigenvalue weighted by Gasteiger charge is 2.26. The summed E-state index contributed by atoms with van der Waals surface area (Å²) in [6.45, 7) is 1.93. The maximum atomic E-state index is 11.1. The lowest BCUT2D eigenvalue weighted by Crippen LogP contribution is -2.10. The molecule has 4 N–H and O–H groups in total. The van der Waals surface area contributed by atoms with Crippen LogP contribution in [0.3, 0.4) is 0 Å². The zero-order valence-corrected chi connectivity index (χ0v) is 13.5. The van der Waals surface area contributed by atoms with E-state index in [0.29, 0.717) is 24.2 Å². The van der Waals surface area contributed by atoms with Crippen molar-refractivity contribution in [2.45, 2.75) is 25.7 Å². The Balaban J connectivity index is 1.75. The van der Waals surface area contributed by atoms with E-state index in [9.17, 15) is 4.79 Å². The number of nitrogens with zero attached hydrogens (tertiary/aromatic N) is 2. The van der Waals surface area contributed by atoms with Gasteiger partial charge in [-0.3, -0.25) is 4.79 Å². The van der Waals surface area contributed by atoms with Gasteiger partial charge in [-0.1, -0.05) is 0 Å². The Morgan fingerprint density at radius 2 is 1.92 bits per heavy atom. The number of benzene rings is 1. The van der Waals surface area contributed by atoms with E-state index in [4.69, 9.17) is 5.11 Å². The lowest BCUT2D eigenvalue weighted by Gasteiger charge is -2.11. The Morgan fingerprint density at radius 3 is 2.54 bits per heavy atom. The predicted molar refractivity (Wildman–Crippen MR) is 93.6 cm³/mol. The maximum absolute atomic E-state index is 11.1. The van der Waals surface area contributed by atoms with E-state index in [-0.39, 0.29) is 12.5 Å². The first-order valence-electron chi connectivity index (χ1n) is 8.02. The number of aliphatic hydroxyl groups excluding tert-OH is 1. The molecule has 0 radical (unpaired) electrons. The minimum Gasteiger partial charge on any atom is -0.395 e. The molecule has 1 aliphatic rings. The van der Waals surface area contributed by atoms with Gasteiger partial charge in [0.2, 0.25) is 11.9 Å². The monoisotopic (exact) mass is 327 g/mol. The van der Waals surface area contributed by atoms with Gasteiger partial charge < -0.3 is 21.1 Å². The SMILES string of the molecule is CC(=O)Nc1ccc(Nc2cc(C3CC3)nc(NCCO)n2)cc1. The summed E-state index contributed by atoms with van der Waals surface area (Å²) < 4.78 is 0. The van der Waals surface area contributed by atoms with Gasteiger partial charge in [0, 0.05) is 36.8 Å². The van der Waals surface area contributed by atoms with Gasteiger partial charge in [0.1, 0.15) is 5.82 Å². The first-order valence-corrected chi connectivity index (χ1v) is 8.02. The minimum atomic E-state index is -0.0971. The zero-order chi connectivity index (χ0) is 16.9. The van der Waals surface area contributed by atoms with E-state index in [1.807, 2.05) is 30.3 Å². The summed E-state index contributed by atoms with van der Waals surface area (Å²) in [6.07, 6.45) is 2.31. The summed E-state index contributed by atoms with van der Waals surface area (Å²) in [5, 5.41) is 18.0. The number of aromatic nitrogens is 2. The van der Waals surface area contributed by atoms with Crippen LogP contribution in [0.1, 0.15) is 31.4 Å². The molecule has 1 aliphatic carbocycles. The van der Waals surface area contributed by atoms with E-state index in [2.05, 4.69) is 25.9 Å². The molecule has 1 heterocycles. The molecular formula is C17H21N5O2. The Morgan fingerprint density at radius 1 is 1.21 bits per heavy atom. The Kier molecular flexibility index (Phi) is 4.90. The van der Waals surface area contributed by atoms with E-state index in [1.54, 1.807) is 0 Å². The zero-order valence-electron chi connectivity index (χ0n) is 13.5. The number of hydrogen-bond donors (Lipinski definition) is 4. The van der Waals surface area contributed by atoms with Crippen molar-refractivity contribution >= 4 is 29.0 Å². The quantitative estimate of drug-likeness (QED) is 0.623. The van der Waals surface area contributed by atoms with Gasteiger partial charge in [0.15, 0.2) is 0 Å². The second kappa shape index (κ2) is 7.27. The van der Waals surface area contributed by atoms with Crippen LogP contribution in [0, 0.1) is 0 Å². The third-order valence-electron chi connectivity index (χ3n) is 3.61. The largest absolute Gasteiger partial charge is 0.395 e. The van der Waals surface area contributed by atoms with Crippen molar-refractivity contribution in [3.05, 3.63) is 36.0 Å². The first-order chi connectivity index (χ1) is 11.6. The van der Waals surface area contributed by atoms with Crippen LogP contribution in [0.2, 0.25) is 0 Å². The van der Waals surface area contributed by atoms with Crippen LogP contribution < -0.4 is 16.0 Å². The number of nitrogens with one attached hydrogen (secondary N) is 3. The van der Waals surface area contributed by atoms with Crippen molar-refractivity contribution in [3.63, 3.8) is 0 Å². The van der Waals surface area contributed by atoms with Gasteiger partial charge in [0.25, 0.3) is 0 Å². The molecule has 2 aromatic rings. The highest BCUT2D eigenvalue weighted by molar-refractivity contribution is 5.88. The van der Waals surface area contributed by atoms with Crippen LogP contribution in [0.25, 0.3) is 0 Å². The molecule has 0 unspecified atom stereocenters. The number of rotatable bonds is 7. The molecule has 0 aliphatic heterocycles. The molecule has 3 rings (SSSR count). The molecule has 1 saturated carbocycles. The average Bonchev–Trinajstić information content (AvgIpc) is 3.39. The molecule has 1 aromatic heterocycles. The number of amides is 1. The first kappa shape index (κ1) is 16.2. The molecule has 126 valence electrons. The van der Waals surface area contributed by atoms with Gasteiger partial charge in [-0.15, -0.1) is 0 Å². The van der Waals surface area contributed by atoms with E-state index in [0.717, 1.165) is 29.9 Å². The molecule has 0 atom stereocenters. The highest BCUT2D eigenvalue weighted by Crippen LogP contribution is 2.40. The van der Waals surface area contributed by atoms with Crippen molar-refractivity contribution in [2.75, 3.05) is 29.1 Å². The summed E-state index contributed by atoms with van der Waals surface area (Å²) in [5.74, 6) is 1.64. The van der Waals surface area contributed by atoms with Crippen molar-refractivity contribution in [2.24, 2.45) is 0 Å². The second-order valence-corrected chi connectivity index (χ2v) is 5.81. The summed E-state index contributed by atoms with van der Waals surface area (Å²) in [7, 11) is 0. The fourth-order valence-electron chi connectivity index (χ4n) is 2.35. The molecule has 1 amide bonds. The molecule has 0 bridgehead atoms. The van der Waals surface area contributed by atoms with Gasteiger partial charge in [0.05, 0.1) is 12.3 Å². The van der Waals surface area contributed by atoms with E-state index < -0.39 is 0 Å². The normalized spacial score (nSPS) is 13.4. The molecule has 24 heavy (non-hydrogen) atoms. The number of carbonyl (C=O) groups is 1. The molecule has 0 spiro atoms. The molecule has 0 saturated heterocycles. The van der Waals surface area contributed by atoms with Crippen LogP contribution >= 0.6 is 0 Å². The van der Waals surface area contributed by atoms with Crippen LogP contribution in [0.4, 0.5) is 23.1 Å². The van der Waals surface area contributed by atoms with Gasteiger partial charge in [-0.2, -0.15) is 4.98 Å². The smallest absolute Gasteiger partial charge is 0.224 e. The number of anilines is 4. The van der Waals surface area contributed by atoms with Crippen LogP contribution in [-0.2, 0) is 4.79 Å². The molecule has 1 fully saturated rings. The summed E-state index contributed by atoms with van der Waals surface area (Å²) in [5.41, 5.74) is 2.64. The van der Waals surface area contributed by atoms with Gasteiger partial charge >= 0.3 is 0 Å². The van der Waals surface area contributed by atoms with Crippen molar-refractivity contribution in [3.8, 4) is 0 Å². The number of aliphatic hydroxyl groups is 1. The third kappa shape index (κ3) is 4.42. The van der Waals surface area contributed by atoms with E-state index in [1.165, 1.54) is 6.92 Å². The molecule has 7 nitrogen and oxygen atoms in total.